The van der Waals surface area contributed by atoms with Crippen molar-refractivity contribution in [2.45, 2.75) is 12.2 Å². The zero-order valence-corrected chi connectivity index (χ0v) is 16.0. The van der Waals surface area contributed by atoms with E-state index in [-0.39, 0.29) is 5.75 Å². The summed E-state index contributed by atoms with van der Waals surface area (Å²) < 4.78 is 27.3. The van der Waals surface area contributed by atoms with Crippen LogP contribution >= 0.6 is 23.2 Å². The third-order valence-corrected chi connectivity index (χ3v) is 5.72. The molecule has 1 N–H and O–H groups in total. The molecule has 7 heteroatoms. The van der Waals surface area contributed by atoms with Crippen LogP contribution in [0.5, 0.6) is 0 Å². The summed E-state index contributed by atoms with van der Waals surface area (Å²) in [6, 6.07) is 16.0. The minimum atomic E-state index is -3.55. The number of nitrogens with zero attached hydrogens (tertiary/aromatic N) is 1. The number of rotatable bonds is 6. The first-order valence-electron chi connectivity index (χ1n) is 7.83. The van der Waals surface area contributed by atoms with E-state index in [9.17, 15) is 8.42 Å². The van der Waals surface area contributed by atoms with Crippen LogP contribution in [0.25, 0.3) is 0 Å². The lowest BCUT2D eigenvalue weighted by Gasteiger charge is -2.10. The summed E-state index contributed by atoms with van der Waals surface area (Å²) in [7, 11) is -3.55. The predicted octanol–water partition coefficient (Wildman–Crippen LogP) is 4.92. The van der Waals surface area contributed by atoms with E-state index >= 15 is 0 Å². The molecule has 0 fully saturated rings. The third-order valence-electron chi connectivity index (χ3n) is 3.73. The lowest BCUT2D eigenvalue weighted by molar-refractivity contribution is 0.600. The Morgan fingerprint density at radius 2 is 1.42 bits per heavy atom. The van der Waals surface area contributed by atoms with E-state index in [1.165, 1.54) is 0 Å². The average molecular weight is 407 g/mol. The van der Waals surface area contributed by atoms with Gasteiger partial charge in [0.2, 0.25) is 10.0 Å². The van der Waals surface area contributed by atoms with Crippen molar-refractivity contribution in [1.82, 2.24) is 4.98 Å². The van der Waals surface area contributed by atoms with Crippen LogP contribution in [-0.4, -0.2) is 13.4 Å². The molecule has 1 heterocycles. The first kappa shape index (κ1) is 18.7. The molecule has 0 saturated heterocycles. The summed E-state index contributed by atoms with van der Waals surface area (Å²) in [6.45, 7) is 0. The Labute approximate surface area is 162 Å². The molecular formula is C19H16Cl2N2O2S. The van der Waals surface area contributed by atoms with Gasteiger partial charge in [-0.1, -0.05) is 41.4 Å². The van der Waals surface area contributed by atoms with E-state index in [1.807, 2.05) is 24.3 Å². The number of anilines is 1. The van der Waals surface area contributed by atoms with Gasteiger partial charge in [-0.25, -0.2) is 8.42 Å². The van der Waals surface area contributed by atoms with Gasteiger partial charge in [0, 0.05) is 18.1 Å². The molecule has 0 unspecified atom stereocenters. The molecule has 0 radical (unpaired) electrons. The van der Waals surface area contributed by atoms with Gasteiger partial charge in [0.15, 0.2) is 0 Å². The molecule has 0 aliphatic heterocycles. The predicted molar refractivity (Wildman–Crippen MR) is 106 cm³/mol. The van der Waals surface area contributed by atoms with Crippen LogP contribution in [0.1, 0.15) is 16.7 Å². The van der Waals surface area contributed by atoms with Crippen LogP contribution in [0.3, 0.4) is 0 Å². The highest BCUT2D eigenvalue weighted by molar-refractivity contribution is 7.91. The van der Waals surface area contributed by atoms with Crippen molar-refractivity contribution in [3.05, 3.63) is 93.7 Å². The number of hydrogen-bond acceptors (Lipinski definition) is 3. The minimum Gasteiger partial charge on any atom is -0.283 e. The minimum absolute atomic E-state index is 0.178. The topological polar surface area (TPSA) is 59.1 Å². The van der Waals surface area contributed by atoms with Crippen LogP contribution in [0.2, 0.25) is 10.0 Å². The first-order chi connectivity index (χ1) is 12.4. The maximum absolute atomic E-state index is 12.3. The molecule has 0 spiro atoms. The van der Waals surface area contributed by atoms with Gasteiger partial charge in [-0.15, -0.1) is 0 Å². The van der Waals surface area contributed by atoms with E-state index in [4.69, 9.17) is 23.2 Å². The molecule has 0 bridgehead atoms. The van der Waals surface area contributed by atoms with Gasteiger partial charge in [-0.05, 0) is 59.5 Å². The van der Waals surface area contributed by atoms with Gasteiger partial charge in [-0.3, -0.25) is 9.71 Å². The summed E-state index contributed by atoms with van der Waals surface area (Å²) in [5.74, 6) is -0.178. The fourth-order valence-electron chi connectivity index (χ4n) is 2.49. The van der Waals surface area contributed by atoms with Gasteiger partial charge in [0.1, 0.15) is 0 Å². The normalized spacial score (nSPS) is 11.3. The van der Waals surface area contributed by atoms with Gasteiger partial charge < -0.3 is 0 Å². The van der Waals surface area contributed by atoms with Crippen LogP contribution in [0.4, 0.5) is 5.69 Å². The summed E-state index contributed by atoms with van der Waals surface area (Å²) in [6.07, 6.45) is 4.26. The SMILES string of the molecule is O=S(=O)(Cc1ccc(Cl)c(Cl)c1)Nc1ccc(Cc2ccncc2)cc1. The number of sulfonamides is 1. The molecule has 3 aromatic rings. The molecular weight excluding hydrogens is 391 g/mol. The Bertz CT molecular complexity index is 992. The number of hydrogen-bond donors (Lipinski definition) is 1. The van der Waals surface area contributed by atoms with Crippen LogP contribution in [0.15, 0.2) is 67.0 Å². The van der Waals surface area contributed by atoms with Crippen molar-refractivity contribution in [3.63, 3.8) is 0 Å². The maximum atomic E-state index is 12.3. The molecule has 1 aromatic heterocycles. The van der Waals surface area contributed by atoms with E-state index in [1.54, 1.807) is 42.7 Å². The number of benzene rings is 2. The van der Waals surface area contributed by atoms with Crippen LogP contribution < -0.4 is 4.72 Å². The largest absolute Gasteiger partial charge is 0.283 e. The highest BCUT2D eigenvalue weighted by Gasteiger charge is 2.13. The Balaban J connectivity index is 1.66. The Morgan fingerprint density at radius 1 is 0.808 bits per heavy atom. The molecule has 0 atom stereocenters. The fraction of sp³-hybridized carbons (Fsp3) is 0.105. The number of halogens is 2. The van der Waals surface area contributed by atoms with Gasteiger partial charge in [0.05, 0.1) is 15.8 Å². The second-order valence-corrected chi connectivity index (χ2v) is 8.38. The standard InChI is InChI=1S/C19H16Cl2N2O2S/c20-18-6-3-16(12-19(18)21)13-26(24,25)23-17-4-1-14(2-5-17)11-15-7-9-22-10-8-15/h1-10,12,23H,11,13H2. The number of aromatic nitrogens is 1. The lowest BCUT2D eigenvalue weighted by atomic mass is 10.1. The zero-order valence-electron chi connectivity index (χ0n) is 13.7. The average Bonchev–Trinajstić information content (AvgIpc) is 2.60. The zero-order chi connectivity index (χ0) is 18.6. The van der Waals surface area contributed by atoms with Crippen molar-refractivity contribution in [2.24, 2.45) is 0 Å². The molecule has 134 valence electrons. The quantitative estimate of drug-likeness (QED) is 0.631. The first-order valence-corrected chi connectivity index (χ1v) is 10.2. The monoisotopic (exact) mass is 406 g/mol. The van der Waals surface area contributed by atoms with E-state index in [0.29, 0.717) is 21.3 Å². The van der Waals surface area contributed by atoms with E-state index in [0.717, 1.165) is 17.5 Å². The highest BCUT2D eigenvalue weighted by atomic mass is 35.5. The van der Waals surface area contributed by atoms with Gasteiger partial charge in [-0.2, -0.15) is 0 Å². The molecule has 0 amide bonds. The fourth-order valence-corrected chi connectivity index (χ4v) is 4.00. The Kier molecular flexibility index (Phi) is 5.81. The van der Waals surface area contributed by atoms with Gasteiger partial charge in [0.25, 0.3) is 0 Å². The Morgan fingerprint density at radius 3 is 2.08 bits per heavy atom. The molecule has 0 saturated carbocycles. The molecule has 0 aliphatic rings. The maximum Gasteiger partial charge on any atom is 0.236 e. The molecule has 26 heavy (non-hydrogen) atoms. The summed E-state index contributed by atoms with van der Waals surface area (Å²) in [5, 5.41) is 0.727. The number of pyridine rings is 1. The van der Waals surface area contributed by atoms with Crippen molar-refractivity contribution >= 4 is 38.9 Å². The molecule has 3 rings (SSSR count). The highest BCUT2D eigenvalue weighted by Crippen LogP contribution is 2.24. The van der Waals surface area contributed by atoms with Crippen molar-refractivity contribution in [3.8, 4) is 0 Å². The molecule has 2 aromatic carbocycles. The summed E-state index contributed by atoms with van der Waals surface area (Å²) in [4.78, 5) is 3.99. The third kappa shape index (κ3) is 5.21. The van der Waals surface area contributed by atoms with Crippen molar-refractivity contribution in [1.29, 1.82) is 0 Å². The smallest absolute Gasteiger partial charge is 0.236 e. The molecule has 4 nitrogen and oxygen atoms in total. The van der Waals surface area contributed by atoms with Crippen LogP contribution in [-0.2, 0) is 22.2 Å². The Hall–Kier alpha value is -2.08. The second kappa shape index (κ2) is 8.08. The van der Waals surface area contributed by atoms with Crippen LogP contribution in [0, 0.1) is 0 Å². The van der Waals surface area contributed by atoms with E-state index < -0.39 is 10.0 Å². The van der Waals surface area contributed by atoms with Crippen molar-refractivity contribution in [2.75, 3.05) is 4.72 Å². The van der Waals surface area contributed by atoms with E-state index in [2.05, 4.69) is 9.71 Å². The van der Waals surface area contributed by atoms with Crippen molar-refractivity contribution < 1.29 is 8.42 Å². The summed E-state index contributed by atoms with van der Waals surface area (Å²) >= 11 is 11.8. The number of nitrogens with one attached hydrogen (secondary N) is 1. The molecule has 0 aliphatic carbocycles. The summed E-state index contributed by atoms with van der Waals surface area (Å²) in [5.41, 5.74) is 3.32. The second-order valence-electron chi connectivity index (χ2n) is 5.84. The lowest BCUT2D eigenvalue weighted by Crippen LogP contribution is -2.15. The van der Waals surface area contributed by atoms with Gasteiger partial charge >= 0.3 is 0 Å².